The molecule has 0 N–H and O–H groups in total. The van der Waals surface area contributed by atoms with Crippen LogP contribution in [0.15, 0.2) is 35.1 Å². The lowest BCUT2D eigenvalue weighted by atomic mass is 10.3. The van der Waals surface area contributed by atoms with E-state index in [0.717, 1.165) is 0 Å². The molecule has 136 valence electrons. The van der Waals surface area contributed by atoms with E-state index in [1.54, 1.807) is 31.4 Å². The quantitative estimate of drug-likeness (QED) is 0.565. The van der Waals surface area contributed by atoms with Crippen molar-refractivity contribution in [2.45, 2.75) is 13.2 Å². The van der Waals surface area contributed by atoms with Crippen molar-refractivity contribution in [1.82, 2.24) is 14.6 Å². The molecule has 0 atom stereocenters. The summed E-state index contributed by atoms with van der Waals surface area (Å²) in [5, 5.41) is 5.31. The predicted octanol–water partition coefficient (Wildman–Crippen LogP) is 2.07. The average Bonchev–Trinajstić information content (AvgIpc) is 3.03. The van der Waals surface area contributed by atoms with Crippen LogP contribution in [0.1, 0.15) is 10.7 Å². The van der Waals surface area contributed by atoms with Crippen molar-refractivity contribution in [2.24, 2.45) is 0 Å². The van der Waals surface area contributed by atoms with Gasteiger partial charge in [-0.05, 0) is 24.3 Å². The van der Waals surface area contributed by atoms with Crippen LogP contribution in [0, 0.1) is 0 Å². The molecule has 1 aromatic carbocycles. The maximum atomic E-state index is 12.1. The van der Waals surface area contributed by atoms with E-state index < -0.39 is 5.97 Å². The maximum absolute atomic E-state index is 12.1. The standard InChI is InChI=1S/C16H14ClN3O5S/c1-23-8-13-19-20-14(21)6-11(18-16(20)26-13)7-25-15(22)9-24-12-4-2-10(17)3-5-12/h2-6H,7-9H2,1H3. The number of hydrogen-bond acceptors (Lipinski definition) is 8. The van der Waals surface area contributed by atoms with Gasteiger partial charge in [0.15, 0.2) is 6.61 Å². The Hall–Kier alpha value is -2.49. The predicted molar refractivity (Wildman–Crippen MR) is 94.6 cm³/mol. The molecular weight excluding hydrogens is 382 g/mol. The van der Waals surface area contributed by atoms with Crippen molar-refractivity contribution >= 4 is 33.9 Å². The van der Waals surface area contributed by atoms with Crippen molar-refractivity contribution in [2.75, 3.05) is 13.7 Å². The number of carbonyl (C=O) groups excluding carboxylic acids is 1. The fourth-order valence-corrected chi connectivity index (χ4v) is 3.04. The lowest BCUT2D eigenvalue weighted by molar-refractivity contribution is -0.147. The summed E-state index contributed by atoms with van der Waals surface area (Å²) in [6.45, 7) is -0.104. The molecule has 0 saturated heterocycles. The van der Waals surface area contributed by atoms with E-state index in [-0.39, 0.29) is 18.8 Å². The zero-order valence-electron chi connectivity index (χ0n) is 13.7. The highest BCUT2D eigenvalue weighted by Crippen LogP contribution is 2.15. The minimum absolute atomic E-state index is 0.133. The first-order chi connectivity index (χ1) is 12.5. The molecule has 0 aliphatic heterocycles. The van der Waals surface area contributed by atoms with Gasteiger partial charge in [0.25, 0.3) is 5.56 Å². The normalized spacial score (nSPS) is 10.8. The van der Waals surface area contributed by atoms with Gasteiger partial charge in [-0.2, -0.15) is 9.61 Å². The summed E-state index contributed by atoms with van der Waals surface area (Å²) in [6, 6.07) is 7.88. The van der Waals surface area contributed by atoms with Gasteiger partial charge in [0.2, 0.25) is 4.96 Å². The minimum Gasteiger partial charge on any atom is -0.482 e. The summed E-state index contributed by atoms with van der Waals surface area (Å²) in [5.74, 6) is -0.0780. The number of aromatic nitrogens is 3. The molecule has 0 spiro atoms. The lowest BCUT2D eigenvalue weighted by Crippen LogP contribution is -2.18. The van der Waals surface area contributed by atoms with Gasteiger partial charge in [-0.25, -0.2) is 9.78 Å². The number of nitrogens with zero attached hydrogens (tertiary/aromatic N) is 3. The van der Waals surface area contributed by atoms with Crippen molar-refractivity contribution in [1.29, 1.82) is 0 Å². The molecule has 3 rings (SSSR count). The number of carbonyl (C=O) groups is 1. The van der Waals surface area contributed by atoms with Crippen LogP contribution in [0.4, 0.5) is 0 Å². The Morgan fingerprint density at radius 3 is 2.77 bits per heavy atom. The van der Waals surface area contributed by atoms with Gasteiger partial charge in [-0.3, -0.25) is 4.79 Å². The minimum atomic E-state index is -0.577. The van der Waals surface area contributed by atoms with Gasteiger partial charge in [0.1, 0.15) is 17.4 Å². The highest BCUT2D eigenvalue weighted by molar-refractivity contribution is 7.16. The Labute approximate surface area is 156 Å². The van der Waals surface area contributed by atoms with Crippen molar-refractivity contribution in [3.8, 4) is 5.75 Å². The number of fused-ring (bicyclic) bond motifs is 1. The Bertz CT molecular complexity index is 970. The fraction of sp³-hybridized carbons (Fsp3) is 0.250. The molecular formula is C16H14ClN3O5S. The first-order valence-corrected chi connectivity index (χ1v) is 8.66. The number of halogens is 1. The van der Waals surface area contributed by atoms with Crippen LogP contribution in [-0.2, 0) is 27.5 Å². The molecule has 0 aliphatic carbocycles. The summed E-state index contributed by atoms with van der Waals surface area (Å²) in [6.07, 6.45) is 0. The molecule has 0 radical (unpaired) electrons. The number of hydrogen-bond donors (Lipinski definition) is 0. The Morgan fingerprint density at radius 1 is 1.27 bits per heavy atom. The first-order valence-electron chi connectivity index (χ1n) is 7.47. The molecule has 0 aliphatic rings. The van der Waals surface area contributed by atoms with E-state index in [0.29, 0.717) is 33.0 Å². The average molecular weight is 396 g/mol. The van der Waals surface area contributed by atoms with Crippen LogP contribution in [0.3, 0.4) is 0 Å². The number of methoxy groups -OCH3 is 1. The van der Waals surface area contributed by atoms with E-state index in [2.05, 4.69) is 10.1 Å². The molecule has 3 aromatic rings. The molecule has 0 saturated carbocycles. The van der Waals surface area contributed by atoms with Crippen LogP contribution in [0.5, 0.6) is 5.75 Å². The monoisotopic (exact) mass is 395 g/mol. The Kier molecular flexibility index (Phi) is 5.82. The van der Waals surface area contributed by atoms with E-state index in [4.69, 9.17) is 25.8 Å². The topological polar surface area (TPSA) is 92.0 Å². The van der Waals surface area contributed by atoms with E-state index >= 15 is 0 Å². The van der Waals surface area contributed by atoms with Crippen LogP contribution in [-0.4, -0.2) is 34.3 Å². The Morgan fingerprint density at radius 2 is 2.04 bits per heavy atom. The maximum Gasteiger partial charge on any atom is 0.344 e. The van der Waals surface area contributed by atoms with Crippen molar-refractivity contribution in [3.63, 3.8) is 0 Å². The van der Waals surface area contributed by atoms with Gasteiger partial charge in [-0.1, -0.05) is 22.9 Å². The van der Waals surface area contributed by atoms with Gasteiger partial charge in [-0.15, -0.1) is 0 Å². The smallest absolute Gasteiger partial charge is 0.344 e. The third-order valence-electron chi connectivity index (χ3n) is 3.16. The number of rotatable bonds is 7. The molecule has 0 fully saturated rings. The van der Waals surface area contributed by atoms with Gasteiger partial charge >= 0.3 is 5.97 Å². The molecule has 0 bridgehead atoms. The molecule has 8 nitrogen and oxygen atoms in total. The first kappa shape index (κ1) is 18.3. The summed E-state index contributed by atoms with van der Waals surface area (Å²) in [4.78, 5) is 28.5. The third-order valence-corrected chi connectivity index (χ3v) is 4.29. The summed E-state index contributed by atoms with van der Waals surface area (Å²) in [5.41, 5.74) is -0.0143. The van der Waals surface area contributed by atoms with Crippen molar-refractivity contribution < 1.29 is 19.0 Å². The molecule has 2 heterocycles. The molecule has 10 heteroatoms. The molecule has 0 amide bonds. The van der Waals surface area contributed by atoms with E-state index in [1.807, 2.05) is 0 Å². The largest absolute Gasteiger partial charge is 0.482 e. The van der Waals surface area contributed by atoms with Crippen LogP contribution in [0.25, 0.3) is 4.96 Å². The molecule has 2 aromatic heterocycles. The van der Waals surface area contributed by atoms with Crippen LogP contribution >= 0.6 is 22.9 Å². The van der Waals surface area contributed by atoms with Crippen LogP contribution < -0.4 is 10.3 Å². The number of ether oxygens (including phenoxy) is 3. The van der Waals surface area contributed by atoms with Gasteiger partial charge in [0, 0.05) is 18.2 Å². The Balaban J connectivity index is 1.59. The number of esters is 1. The molecule has 26 heavy (non-hydrogen) atoms. The zero-order chi connectivity index (χ0) is 18.5. The van der Waals surface area contributed by atoms with Gasteiger partial charge < -0.3 is 14.2 Å². The molecule has 0 unspecified atom stereocenters. The van der Waals surface area contributed by atoms with Crippen LogP contribution in [0.2, 0.25) is 5.02 Å². The fourth-order valence-electron chi connectivity index (χ4n) is 2.02. The van der Waals surface area contributed by atoms with Gasteiger partial charge in [0.05, 0.1) is 12.3 Å². The second-order valence-corrected chi connectivity index (χ2v) is 6.59. The summed E-state index contributed by atoms with van der Waals surface area (Å²) in [7, 11) is 1.54. The van der Waals surface area contributed by atoms with Crippen molar-refractivity contribution in [3.05, 3.63) is 56.4 Å². The highest BCUT2D eigenvalue weighted by Gasteiger charge is 2.11. The SMILES string of the molecule is COCc1nn2c(=O)cc(COC(=O)COc3ccc(Cl)cc3)nc2s1. The highest BCUT2D eigenvalue weighted by atomic mass is 35.5. The second-order valence-electron chi connectivity index (χ2n) is 5.11. The summed E-state index contributed by atoms with van der Waals surface area (Å²) >= 11 is 7.01. The zero-order valence-corrected chi connectivity index (χ0v) is 15.2. The second kappa shape index (κ2) is 8.26. The third kappa shape index (κ3) is 4.57. The lowest BCUT2D eigenvalue weighted by Gasteiger charge is -2.06. The summed E-state index contributed by atoms with van der Waals surface area (Å²) < 4.78 is 16.6. The number of benzene rings is 1. The van der Waals surface area contributed by atoms with E-state index in [1.165, 1.54) is 21.9 Å². The van der Waals surface area contributed by atoms with E-state index in [9.17, 15) is 9.59 Å².